The first-order chi connectivity index (χ1) is 11.8. The number of thioether (sulfide) groups is 1. The molecule has 1 aliphatic rings. The van der Waals surface area contributed by atoms with Crippen molar-refractivity contribution in [2.75, 3.05) is 0 Å². The third kappa shape index (κ3) is 4.20. The van der Waals surface area contributed by atoms with Gasteiger partial charge < -0.3 is 5.11 Å². The highest BCUT2D eigenvalue weighted by Crippen LogP contribution is 2.35. The first-order valence-electron chi connectivity index (χ1n) is 7.34. The normalized spacial score (nSPS) is 16.1. The third-order valence-corrected chi connectivity index (χ3v) is 6.19. The SMILES string of the molecule is Cc1cccc(CN2C(=O)S/C(=C\c3cc(I)c(O)c(I)c3)C2=O)c1. The van der Waals surface area contributed by atoms with Crippen molar-refractivity contribution < 1.29 is 14.7 Å². The number of hydrogen-bond acceptors (Lipinski definition) is 4. The van der Waals surface area contributed by atoms with Gasteiger partial charge in [0.1, 0.15) is 5.75 Å². The number of benzene rings is 2. The third-order valence-electron chi connectivity index (χ3n) is 3.63. The molecule has 4 nitrogen and oxygen atoms in total. The maximum atomic E-state index is 12.6. The minimum Gasteiger partial charge on any atom is -0.506 e. The minimum atomic E-state index is -0.283. The lowest BCUT2D eigenvalue weighted by atomic mass is 10.1. The molecule has 0 radical (unpaired) electrons. The molecule has 1 heterocycles. The van der Waals surface area contributed by atoms with Gasteiger partial charge in [-0.3, -0.25) is 14.5 Å². The number of hydrogen-bond donors (Lipinski definition) is 1. The summed E-state index contributed by atoms with van der Waals surface area (Å²) < 4.78 is 1.41. The standard InChI is InChI=1S/C18H13I2NO3S/c1-10-3-2-4-11(5-10)9-21-17(23)15(25-18(21)24)8-12-6-13(19)16(22)14(20)7-12/h2-8,22H,9H2,1H3/b15-8-. The lowest BCUT2D eigenvalue weighted by Crippen LogP contribution is -2.27. The lowest BCUT2D eigenvalue weighted by Gasteiger charge is -2.12. The number of halogens is 2. The number of aryl methyl sites for hydroxylation is 1. The van der Waals surface area contributed by atoms with Gasteiger partial charge in [-0.05, 0) is 93.2 Å². The van der Waals surface area contributed by atoms with Gasteiger partial charge >= 0.3 is 0 Å². The van der Waals surface area contributed by atoms with Crippen LogP contribution < -0.4 is 0 Å². The first kappa shape index (κ1) is 18.7. The van der Waals surface area contributed by atoms with Gasteiger partial charge in [0.25, 0.3) is 11.1 Å². The lowest BCUT2D eigenvalue weighted by molar-refractivity contribution is -0.123. The van der Waals surface area contributed by atoms with Crippen LogP contribution in [0.4, 0.5) is 4.79 Å². The number of nitrogens with zero attached hydrogens (tertiary/aromatic N) is 1. The largest absolute Gasteiger partial charge is 0.506 e. The molecular weight excluding hydrogens is 564 g/mol. The van der Waals surface area contributed by atoms with Crippen molar-refractivity contribution in [2.24, 2.45) is 0 Å². The average Bonchev–Trinajstić information content (AvgIpc) is 2.80. The molecule has 1 saturated heterocycles. The second-order valence-electron chi connectivity index (χ2n) is 5.59. The van der Waals surface area contributed by atoms with E-state index in [1.807, 2.05) is 76.4 Å². The molecule has 1 aliphatic heterocycles. The molecule has 0 bridgehead atoms. The van der Waals surface area contributed by atoms with Gasteiger partial charge in [0.2, 0.25) is 0 Å². The van der Waals surface area contributed by atoms with Gasteiger partial charge in [-0.2, -0.15) is 0 Å². The van der Waals surface area contributed by atoms with Crippen LogP contribution in [0.1, 0.15) is 16.7 Å². The Morgan fingerprint density at radius 2 is 1.84 bits per heavy atom. The van der Waals surface area contributed by atoms with Gasteiger partial charge in [-0.1, -0.05) is 29.8 Å². The van der Waals surface area contributed by atoms with Crippen molar-refractivity contribution in [2.45, 2.75) is 13.5 Å². The van der Waals surface area contributed by atoms with Crippen molar-refractivity contribution in [3.63, 3.8) is 0 Å². The molecule has 25 heavy (non-hydrogen) atoms. The molecular formula is C18H13I2NO3S. The van der Waals surface area contributed by atoms with E-state index in [4.69, 9.17) is 0 Å². The van der Waals surface area contributed by atoms with Crippen LogP contribution in [0.2, 0.25) is 0 Å². The van der Waals surface area contributed by atoms with E-state index in [-0.39, 0.29) is 23.4 Å². The van der Waals surface area contributed by atoms with Crippen LogP contribution in [0.3, 0.4) is 0 Å². The molecule has 0 spiro atoms. The summed E-state index contributed by atoms with van der Waals surface area (Å²) in [6.45, 7) is 2.25. The second-order valence-corrected chi connectivity index (χ2v) is 8.91. The fourth-order valence-corrected chi connectivity index (χ4v) is 5.10. The summed E-state index contributed by atoms with van der Waals surface area (Å²) in [6.07, 6.45) is 1.70. The highest BCUT2D eigenvalue weighted by atomic mass is 127. The Bertz CT molecular complexity index is 888. The van der Waals surface area contributed by atoms with Crippen molar-refractivity contribution in [1.29, 1.82) is 0 Å². The van der Waals surface area contributed by atoms with Crippen LogP contribution >= 0.6 is 56.9 Å². The molecule has 2 aromatic carbocycles. The van der Waals surface area contributed by atoms with Crippen LogP contribution in [0.15, 0.2) is 41.3 Å². The summed E-state index contributed by atoms with van der Waals surface area (Å²) in [5.74, 6) is -0.0551. The van der Waals surface area contributed by atoms with Crippen molar-refractivity contribution >= 4 is 74.2 Å². The van der Waals surface area contributed by atoms with E-state index in [1.54, 1.807) is 18.2 Å². The van der Waals surface area contributed by atoms with Gasteiger partial charge in [0, 0.05) is 0 Å². The Hall–Kier alpha value is -1.07. The number of amides is 2. The van der Waals surface area contributed by atoms with E-state index in [0.29, 0.717) is 12.0 Å². The van der Waals surface area contributed by atoms with Crippen LogP contribution in [0.25, 0.3) is 6.08 Å². The highest BCUT2D eigenvalue weighted by Gasteiger charge is 2.35. The van der Waals surface area contributed by atoms with E-state index < -0.39 is 0 Å². The van der Waals surface area contributed by atoms with Crippen LogP contribution in [0.5, 0.6) is 5.75 Å². The summed E-state index contributed by atoms with van der Waals surface area (Å²) in [7, 11) is 0. The van der Waals surface area contributed by atoms with Crippen LogP contribution in [0, 0.1) is 14.1 Å². The molecule has 7 heteroatoms. The number of phenolic OH excluding ortho intramolecular Hbond substituents is 1. The molecule has 1 N–H and O–H groups in total. The van der Waals surface area contributed by atoms with Crippen molar-refractivity contribution in [3.05, 3.63) is 65.1 Å². The Morgan fingerprint density at radius 3 is 2.48 bits per heavy atom. The fourth-order valence-electron chi connectivity index (χ4n) is 2.45. The van der Waals surface area contributed by atoms with Crippen LogP contribution in [-0.4, -0.2) is 21.2 Å². The number of aromatic hydroxyl groups is 1. The molecule has 0 aromatic heterocycles. The van der Waals surface area contributed by atoms with Gasteiger partial charge in [0.05, 0.1) is 18.6 Å². The zero-order valence-corrected chi connectivity index (χ0v) is 18.3. The molecule has 0 atom stereocenters. The monoisotopic (exact) mass is 577 g/mol. The summed E-state index contributed by atoms with van der Waals surface area (Å²) in [6, 6.07) is 11.3. The molecule has 0 aliphatic carbocycles. The quantitative estimate of drug-likeness (QED) is 0.406. The number of imide groups is 1. The zero-order valence-electron chi connectivity index (χ0n) is 13.1. The molecule has 0 unspecified atom stereocenters. The molecule has 3 rings (SSSR count). The van der Waals surface area contributed by atoms with E-state index in [0.717, 1.165) is 28.5 Å². The maximum absolute atomic E-state index is 12.6. The molecule has 128 valence electrons. The van der Waals surface area contributed by atoms with Crippen molar-refractivity contribution in [1.82, 2.24) is 4.90 Å². The predicted molar refractivity (Wildman–Crippen MR) is 116 cm³/mol. The molecule has 0 saturated carbocycles. The van der Waals surface area contributed by atoms with Gasteiger partial charge in [-0.15, -0.1) is 0 Å². The predicted octanol–water partition coefficient (Wildman–Crippen LogP) is 5.15. The Morgan fingerprint density at radius 1 is 1.16 bits per heavy atom. The summed E-state index contributed by atoms with van der Waals surface area (Å²) in [5, 5.41) is 9.58. The minimum absolute atomic E-state index is 0.228. The Labute approximate surface area is 177 Å². The van der Waals surface area contributed by atoms with E-state index in [1.165, 1.54) is 4.90 Å². The summed E-state index contributed by atoms with van der Waals surface area (Å²) >= 11 is 5.03. The summed E-state index contributed by atoms with van der Waals surface area (Å²) in [5.41, 5.74) is 2.80. The molecule has 1 fully saturated rings. The molecule has 2 amide bonds. The zero-order chi connectivity index (χ0) is 18.1. The van der Waals surface area contributed by atoms with Gasteiger partial charge in [-0.25, -0.2) is 0 Å². The molecule has 2 aromatic rings. The second kappa shape index (κ2) is 7.67. The van der Waals surface area contributed by atoms with E-state index in [9.17, 15) is 14.7 Å². The number of carbonyl (C=O) groups is 2. The van der Waals surface area contributed by atoms with E-state index >= 15 is 0 Å². The summed E-state index contributed by atoms with van der Waals surface area (Å²) in [4.78, 5) is 26.5. The Balaban J connectivity index is 1.86. The van der Waals surface area contributed by atoms with E-state index in [2.05, 4.69) is 0 Å². The van der Waals surface area contributed by atoms with Crippen LogP contribution in [-0.2, 0) is 11.3 Å². The topological polar surface area (TPSA) is 57.6 Å². The Kier molecular flexibility index (Phi) is 5.74. The maximum Gasteiger partial charge on any atom is 0.293 e. The van der Waals surface area contributed by atoms with Gasteiger partial charge in [0.15, 0.2) is 0 Å². The smallest absolute Gasteiger partial charge is 0.293 e. The fraction of sp³-hybridized carbons (Fsp3) is 0.111. The number of rotatable bonds is 3. The number of phenols is 1. The average molecular weight is 577 g/mol. The first-order valence-corrected chi connectivity index (χ1v) is 10.3. The number of carbonyl (C=O) groups excluding carboxylic acids is 2. The van der Waals surface area contributed by atoms with Crippen molar-refractivity contribution in [3.8, 4) is 5.75 Å². The highest BCUT2D eigenvalue weighted by molar-refractivity contribution is 14.1.